The lowest BCUT2D eigenvalue weighted by atomic mass is 10.1. The number of H-pyrrole nitrogens is 1. The molecule has 0 saturated heterocycles. The van der Waals surface area contributed by atoms with Gasteiger partial charge in [-0.2, -0.15) is 5.10 Å². The Bertz CT molecular complexity index is 509. The van der Waals surface area contributed by atoms with Gasteiger partial charge in [-0.3, -0.25) is 5.10 Å². The number of hydrogen-bond acceptors (Lipinski definition) is 3. The third-order valence-electron chi connectivity index (χ3n) is 3.12. The van der Waals surface area contributed by atoms with Crippen LogP contribution in [0.3, 0.4) is 0 Å². The van der Waals surface area contributed by atoms with Crippen molar-refractivity contribution in [3.05, 3.63) is 46.5 Å². The Morgan fingerprint density at radius 2 is 2.24 bits per heavy atom. The first-order valence-electron chi connectivity index (χ1n) is 5.66. The molecule has 1 unspecified atom stereocenters. The summed E-state index contributed by atoms with van der Waals surface area (Å²) in [5, 5.41) is 11.0. The van der Waals surface area contributed by atoms with E-state index in [0.717, 1.165) is 30.2 Å². The number of rotatable bonds is 3. The van der Waals surface area contributed by atoms with Gasteiger partial charge < -0.3 is 5.32 Å². The SMILES string of the molecule is Clc1ccc2c(c1)CC(NCc1ncn[nH]1)C2. The van der Waals surface area contributed by atoms with Crippen molar-refractivity contribution in [3.8, 4) is 0 Å². The minimum Gasteiger partial charge on any atom is -0.306 e. The zero-order valence-electron chi connectivity index (χ0n) is 9.28. The lowest BCUT2D eigenvalue weighted by Gasteiger charge is -2.09. The molecule has 4 nitrogen and oxygen atoms in total. The highest BCUT2D eigenvalue weighted by atomic mass is 35.5. The van der Waals surface area contributed by atoms with Crippen LogP contribution in [0.5, 0.6) is 0 Å². The molecule has 0 spiro atoms. The van der Waals surface area contributed by atoms with Crippen LogP contribution in [0, 0.1) is 0 Å². The van der Waals surface area contributed by atoms with E-state index in [1.807, 2.05) is 6.07 Å². The summed E-state index contributed by atoms with van der Waals surface area (Å²) in [5.74, 6) is 0.874. The summed E-state index contributed by atoms with van der Waals surface area (Å²) >= 11 is 5.99. The summed E-state index contributed by atoms with van der Waals surface area (Å²) in [6.45, 7) is 0.729. The van der Waals surface area contributed by atoms with Crippen molar-refractivity contribution in [2.45, 2.75) is 25.4 Å². The third kappa shape index (κ3) is 2.33. The fourth-order valence-electron chi connectivity index (χ4n) is 2.29. The Balaban J connectivity index is 1.62. The van der Waals surface area contributed by atoms with Crippen molar-refractivity contribution < 1.29 is 0 Å². The van der Waals surface area contributed by atoms with Crippen LogP contribution in [-0.2, 0) is 19.4 Å². The summed E-state index contributed by atoms with van der Waals surface area (Å²) in [6.07, 6.45) is 3.62. The molecule has 1 aromatic carbocycles. The molecular formula is C12H13ClN4. The van der Waals surface area contributed by atoms with Crippen molar-refractivity contribution in [2.75, 3.05) is 0 Å². The average molecular weight is 249 g/mol. The van der Waals surface area contributed by atoms with Gasteiger partial charge in [0.1, 0.15) is 12.2 Å². The molecular weight excluding hydrogens is 236 g/mol. The number of hydrogen-bond donors (Lipinski definition) is 2. The van der Waals surface area contributed by atoms with Crippen LogP contribution in [0.2, 0.25) is 5.02 Å². The number of nitrogens with zero attached hydrogens (tertiary/aromatic N) is 2. The molecule has 0 aliphatic heterocycles. The molecule has 1 aromatic heterocycles. The largest absolute Gasteiger partial charge is 0.306 e. The van der Waals surface area contributed by atoms with Crippen molar-refractivity contribution in [1.82, 2.24) is 20.5 Å². The molecule has 88 valence electrons. The van der Waals surface area contributed by atoms with E-state index >= 15 is 0 Å². The van der Waals surface area contributed by atoms with Gasteiger partial charge in [-0.15, -0.1) is 0 Å². The van der Waals surface area contributed by atoms with E-state index in [9.17, 15) is 0 Å². The van der Waals surface area contributed by atoms with Gasteiger partial charge in [0.15, 0.2) is 0 Å². The molecule has 2 aromatic rings. The maximum Gasteiger partial charge on any atom is 0.138 e. The molecule has 2 N–H and O–H groups in total. The smallest absolute Gasteiger partial charge is 0.138 e. The predicted molar refractivity (Wildman–Crippen MR) is 65.9 cm³/mol. The summed E-state index contributed by atoms with van der Waals surface area (Å²) in [5.41, 5.74) is 2.75. The highest BCUT2D eigenvalue weighted by Gasteiger charge is 2.21. The van der Waals surface area contributed by atoms with Gasteiger partial charge in [-0.05, 0) is 36.1 Å². The van der Waals surface area contributed by atoms with Gasteiger partial charge in [0.25, 0.3) is 0 Å². The summed E-state index contributed by atoms with van der Waals surface area (Å²) in [6, 6.07) is 6.61. The van der Waals surface area contributed by atoms with Gasteiger partial charge in [-0.25, -0.2) is 4.98 Å². The van der Waals surface area contributed by atoms with Crippen LogP contribution in [0.15, 0.2) is 24.5 Å². The molecule has 0 radical (unpaired) electrons. The van der Waals surface area contributed by atoms with Crippen LogP contribution >= 0.6 is 11.6 Å². The number of aromatic amines is 1. The molecule has 5 heteroatoms. The van der Waals surface area contributed by atoms with E-state index in [-0.39, 0.29) is 0 Å². The Hall–Kier alpha value is -1.39. The fourth-order valence-corrected chi connectivity index (χ4v) is 2.48. The van der Waals surface area contributed by atoms with E-state index < -0.39 is 0 Å². The molecule has 1 atom stereocenters. The lowest BCUT2D eigenvalue weighted by molar-refractivity contribution is 0.522. The van der Waals surface area contributed by atoms with Gasteiger partial charge >= 0.3 is 0 Å². The standard InChI is InChI=1S/C12H13ClN4/c13-10-2-1-8-4-11(5-9(8)3-10)14-6-12-15-7-16-17-12/h1-3,7,11,14H,4-6H2,(H,15,16,17). The first kappa shape index (κ1) is 10.7. The van der Waals surface area contributed by atoms with Crippen LogP contribution in [-0.4, -0.2) is 21.2 Å². The van der Waals surface area contributed by atoms with E-state index in [1.54, 1.807) is 0 Å². The number of benzene rings is 1. The Labute approximate surface area is 104 Å². The average Bonchev–Trinajstić information content (AvgIpc) is 2.94. The summed E-state index contributed by atoms with van der Waals surface area (Å²) in [4.78, 5) is 4.09. The lowest BCUT2D eigenvalue weighted by Crippen LogP contribution is -2.29. The second-order valence-electron chi connectivity index (χ2n) is 4.33. The van der Waals surface area contributed by atoms with Crippen LogP contribution in [0.1, 0.15) is 17.0 Å². The number of halogens is 1. The molecule has 3 rings (SSSR count). The molecule has 0 bridgehead atoms. The number of aromatic nitrogens is 3. The maximum atomic E-state index is 5.99. The Morgan fingerprint density at radius 1 is 1.35 bits per heavy atom. The molecule has 1 aliphatic carbocycles. The molecule has 0 amide bonds. The first-order valence-corrected chi connectivity index (χ1v) is 6.04. The fraction of sp³-hybridized carbons (Fsp3) is 0.333. The van der Waals surface area contributed by atoms with Crippen molar-refractivity contribution in [3.63, 3.8) is 0 Å². The number of fused-ring (bicyclic) bond motifs is 1. The summed E-state index contributed by atoms with van der Waals surface area (Å²) in [7, 11) is 0. The van der Waals surface area contributed by atoms with E-state index in [4.69, 9.17) is 11.6 Å². The van der Waals surface area contributed by atoms with Gasteiger partial charge in [0, 0.05) is 11.1 Å². The van der Waals surface area contributed by atoms with Crippen molar-refractivity contribution in [2.24, 2.45) is 0 Å². The Kier molecular flexibility index (Phi) is 2.82. The van der Waals surface area contributed by atoms with Gasteiger partial charge in [-0.1, -0.05) is 17.7 Å². The highest BCUT2D eigenvalue weighted by molar-refractivity contribution is 6.30. The monoisotopic (exact) mass is 248 g/mol. The minimum atomic E-state index is 0.466. The van der Waals surface area contributed by atoms with Gasteiger partial charge in [0.2, 0.25) is 0 Å². The zero-order chi connectivity index (χ0) is 11.7. The Morgan fingerprint density at radius 3 is 3.06 bits per heavy atom. The first-order chi connectivity index (χ1) is 8.31. The topological polar surface area (TPSA) is 53.6 Å². The van der Waals surface area contributed by atoms with E-state index in [2.05, 4.69) is 32.6 Å². The van der Waals surface area contributed by atoms with Crippen molar-refractivity contribution in [1.29, 1.82) is 0 Å². The predicted octanol–water partition coefficient (Wildman–Crippen LogP) is 1.72. The second kappa shape index (κ2) is 4.47. The number of nitrogens with one attached hydrogen (secondary N) is 2. The zero-order valence-corrected chi connectivity index (χ0v) is 10.0. The normalized spacial score (nSPS) is 18.3. The third-order valence-corrected chi connectivity index (χ3v) is 3.36. The second-order valence-corrected chi connectivity index (χ2v) is 4.77. The van der Waals surface area contributed by atoms with Crippen molar-refractivity contribution >= 4 is 11.6 Å². The quantitative estimate of drug-likeness (QED) is 0.870. The van der Waals surface area contributed by atoms with Crippen LogP contribution in [0.4, 0.5) is 0 Å². The maximum absolute atomic E-state index is 5.99. The summed E-state index contributed by atoms with van der Waals surface area (Å²) < 4.78 is 0. The highest BCUT2D eigenvalue weighted by Crippen LogP contribution is 2.25. The van der Waals surface area contributed by atoms with Gasteiger partial charge in [0.05, 0.1) is 6.54 Å². The molecule has 0 fully saturated rings. The van der Waals surface area contributed by atoms with E-state index in [0.29, 0.717) is 6.04 Å². The molecule has 17 heavy (non-hydrogen) atoms. The van der Waals surface area contributed by atoms with E-state index in [1.165, 1.54) is 17.5 Å². The molecule has 1 heterocycles. The molecule has 1 aliphatic rings. The van der Waals surface area contributed by atoms with Crippen LogP contribution < -0.4 is 5.32 Å². The minimum absolute atomic E-state index is 0.466. The van der Waals surface area contributed by atoms with Crippen LogP contribution in [0.25, 0.3) is 0 Å². The molecule has 0 saturated carbocycles.